The Hall–Kier alpha value is -3.62. The molecule has 0 aliphatic carbocycles. The Kier molecular flexibility index (Phi) is 13.0. The summed E-state index contributed by atoms with van der Waals surface area (Å²) in [6, 6.07) is 3.40. The van der Waals surface area contributed by atoms with E-state index in [1.54, 1.807) is 12.1 Å². The normalized spacial score (nSPS) is 13.8. The summed E-state index contributed by atoms with van der Waals surface area (Å²) in [5, 5.41) is 29.3. The minimum Gasteiger partial charge on any atom is -0.507 e. The maximum absolute atomic E-state index is 14.0. The van der Waals surface area contributed by atoms with E-state index in [4.69, 9.17) is 0 Å². The van der Waals surface area contributed by atoms with Crippen LogP contribution >= 0.6 is 0 Å². The molecule has 0 spiro atoms. The van der Waals surface area contributed by atoms with Crippen molar-refractivity contribution in [3.63, 3.8) is 0 Å². The number of carbonyl (C=O) groups is 4. The SMILES string of the molecule is C=CC(=O)NCc1cc(CNC(=O)C(CC(C)(C)C)C(C)(C)C(C)(C)CC(C(=O)O)C(C)(C)C)cc(CNC(=O)C=C)c1O. The van der Waals surface area contributed by atoms with Crippen molar-refractivity contribution in [1.29, 1.82) is 0 Å². The first-order valence-electron chi connectivity index (χ1n) is 15.1. The highest BCUT2D eigenvalue weighted by molar-refractivity contribution is 5.87. The highest BCUT2D eigenvalue weighted by Crippen LogP contribution is 2.53. The van der Waals surface area contributed by atoms with Gasteiger partial charge >= 0.3 is 5.97 Å². The van der Waals surface area contributed by atoms with Gasteiger partial charge in [-0.05, 0) is 64.3 Å². The zero-order valence-corrected chi connectivity index (χ0v) is 28.4. The molecule has 44 heavy (non-hydrogen) atoms. The minimum absolute atomic E-state index is 0.0211. The molecule has 0 heterocycles. The molecule has 246 valence electrons. The Morgan fingerprint density at radius 1 is 0.750 bits per heavy atom. The van der Waals surface area contributed by atoms with Gasteiger partial charge in [-0.3, -0.25) is 19.2 Å². The van der Waals surface area contributed by atoms with Crippen LogP contribution in [0.4, 0.5) is 0 Å². The number of aliphatic carboxylic acids is 1. The lowest BCUT2D eigenvalue weighted by Crippen LogP contribution is -2.49. The van der Waals surface area contributed by atoms with Crippen molar-refractivity contribution in [3.8, 4) is 5.75 Å². The first-order valence-corrected chi connectivity index (χ1v) is 15.1. The molecule has 1 rings (SSSR count). The molecule has 2 unspecified atom stereocenters. The van der Waals surface area contributed by atoms with E-state index < -0.39 is 45.9 Å². The Labute approximate surface area is 264 Å². The Morgan fingerprint density at radius 2 is 1.20 bits per heavy atom. The molecule has 0 bridgehead atoms. The van der Waals surface area contributed by atoms with Gasteiger partial charge in [-0.2, -0.15) is 0 Å². The number of aromatic hydroxyl groups is 1. The molecular weight excluding hydrogens is 558 g/mol. The van der Waals surface area contributed by atoms with Crippen LogP contribution in [0.25, 0.3) is 0 Å². The van der Waals surface area contributed by atoms with Crippen molar-refractivity contribution in [1.82, 2.24) is 16.0 Å². The first kappa shape index (κ1) is 38.4. The van der Waals surface area contributed by atoms with Crippen LogP contribution in [-0.2, 0) is 38.8 Å². The van der Waals surface area contributed by atoms with Crippen molar-refractivity contribution in [2.24, 2.45) is 33.5 Å². The Bertz CT molecular complexity index is 1190. The van der Waals surface area contributed by atoms with Gasteiger partial charge in [0.05, 0.1) is 5.92 Å². The van der Waals surface area contributed by atoms with E-state index in [0.29, 0.717) is 29.5 Å². The zero-order valence-electron chi connectivity index (χ0n) is 28.4. The van der Waals surface area contributed by atoms with Crippen LogP contribution in [-0.4, -0.2) is 33.9 Å². The average molecular weight is 614 g/mol. The van der Waals surface area contributed by atoms with Crippen LogP contribution in [0.5, 0.6) is 5.75 Å². The molecule has 0 saturated heterocycles. The number of carboxylic acids is 1. The molecule has 1 aromatic rings. The Morgan fingerprint density at radius 3 is 1.57 bits per heavy atom. The second-order valence-electron chi connectivity index (χ2n) is 15.2. The number of phenolic OH excluding ortho intramolecular Hbond substituents is 1. The fraction of sp³-hybridized carbons (Fsp3) is 0.600. The van der Waals surface area contributed by atoms with Gasteiger partial charge in [-0.15, -0.1) is 0 Å². The summed E-state index contributed by atoms with van der Waals surface area (Å²) in [4.78, 5) is 49.9. The number of phenols is 1. The van der Waals surface area contributed by atoms with E-state index in [9.17, 15) is 29.4 Å². The first-order chi connectivity index (χ1) is 20.0. The molecular formula is C35H55N3O6. The molecule has 2 atom stereocenters. The monoisotopic (exact) mass is 613 g/mol. The number of hydrogen-bond acceptors (Lipinski definition) is 5. The minimum atomic E-state index is -0.842. The summed E-state index contributed by atoms with van der Waals surface area (Å²) in [6.45, 7) is 27.3. The third kappa shape index (κ3) is 10.8. The maximum Gasteiger partial charge on any atom is 0.307 e. The van der Waals surface area contributed by atoms with Crippen molar-refractivity contribution >= 4 is 23.7 Å². The van der Waals surface area contributed by atoms with Crippen molar-refractivity contribution in [2.45, 2.75) is 102 Å². The van der Waals surface area contributed by atoms with Crippen LogP contribution in [0.2, 0.25) is 0 Å². The lowest BCUT2D eigenvalue weighted by molar-refractivity contribution is -0.149. The smallest absolute Gasteiger partial charge is 0.307 e. The van der Waals surface area contributed by atoms with Crippen molar-refractivity contribution < 1.29 is 29.4 Å². The lowest BCUT2D eigenvalue weighted by Gasteiger charge is -2.50. The molecule has 0 radical (unpaired) electrons. The number of benzene rings is 1. The summed E-state index contributed by atoms with van der Waals surface area (Å²) >= 11 is 0. The molecule has 5 N–H and O–H groups in total. The highest BCUT2D eigenvalue weighted by atomic mass is 16.4. The summed E-state index contributed by atoms with van der Waals surface area (Å²) in [5.41, 5.74) is -0.218. The van der Waals surface area contributed by atoms with Crippen LogP contribution in [0, 0.1) is 33.5 Å². The standard InChI is InChI=1S/C35H55N3O6/c1-13-27(39)36-20-23-15-22(16-24(29(23)41)21-37-28(40)14-2)19-38-30(42)25(17-32(3,4)5)35(11,12)34(9,10)18-26(31(43)44)33(6,7)8/h13-16,25-26,41H,1-2,17-21H2,3-12H3,(H,36,39)(H,37,40)(H,38,42)(H,43,44). The summed E-state index contributed by atoms with van der Waals surface area (Å²) in [5.74, 6) is -2.92. The van der Waals surface area contributed by atoms with Gasteiger partial charge < -0.3 is 26.2 Å². The number of hydrogen-bond donors (Lipinski definition) is 5. The largest absolute Gasteiger partial charge is 0.507 e. The van der Waals surface area contributed by atoms with Gasteiger partial charge in [-0.25, -0.2) is 0 Å². The lowest BCUT2D eigenvalue weighted by atomic mass is 9.54. The van der Waals surface area contributed by atoms with Crippen molar-refractivity contribution in [2.75, 3.05) is 0 Å². The average Bonchev–Trinajstić information content (AvgIpc) is 2.90. The van der Waals surface area contributed by atoms with Gasteiger partial charge in [0.2, 0.25) is 17.7 Å². The van der Waals surface area contributed by atoms with Crippen LogP contribution in [0.15, 0.2) is 37.4 Å². The fourth-order valence-corrected chi connectivity index (χ4v) is 5.32. The van der Waals surface area contributed by atoms with E-state index >= 15 is 0 Å². The predicted molar refractivity (Wildman–Crippen MR) is 174 cm³/mol. The third-order valence-electron chi connectivity index (χ3n) is 8.88. The zero-order chi connectivity index (χ0) is 34.3. The number of amides is 3. The molecule has 0 aromatic heterocycles. The number of nitrogens with one attached hydrogen (secondary N) is 3. The van der Waals surface area contributed by atoms with Crippen molar-refractivity contribution in [3.05, 3.63) is 54.1 Å². The molecule has 9 nitrogen and oxygen atoms in total. The predicted octanol–water partition coefficient (Wildman–Crippen LogP) is 5.85. The van der Waals surface area contributed by atoms with Crippen LogP contribution < -0.4 is 16.0 Å². The third-order valence-corrected chi connectivity index (χ3v) is 8.88. The molecule has 0 aliphatic rings. The van der Waals surface area contributed by atoms with E-state index in [1.807, 2.05) is 48.5 Å². The van der Waals surface area contributed by atoms with Crippen LogP contribution in [0.1, 0.15) is 98.8 Å². The van der Waals surface area contributed by atoms with E-state index in [2.05, 4.69) is 49.9 Å². The van der Waals surface area contributed by atoms with Gasteiger partial charge in [0, 0.05) is 36.7 Å². The quantitative estimate of drug-likeness (QED) is 0.157. The molecule has 0 aliphatic heterocycles. The van der Waals surface area contributed by atoms with E-state index in [1.165, 1.54) is 0 Å². The second-order valence-corrected chi connectivity index (χ2v) is 15.2. The molecule has 9 heteroatoms. The number of rotatable bonds is 15. The highest BCUT2D eigenvalue weighted by Gasteiger charge is 2.50. The molecule has 0 saturated carbocycles. The molecule has 1 aromatic carbocycles. The second kappa shape index (κ2) is 14.9. The van der Waals surface area contributed by atoms with E-state index in [0.717, 1.165) is 12.2 Å². The molecule has 3 amide bonds. The van der Waals surface area contributed by atoms with Gasteiger partial charge in [-0.1, -0.05) is 82.4 Å². The summed E-state index contributed by atoms with van der Waals surface area (Å²) in [7, 11) is 0. The summed E-state index contributed by atoms with van der Waals surface area (Å²) < 4.78 is 0. The fourth-order valence-electron chi connectivity index (χ4n) is 5.32. The molecule has 0 fully saturated rings. The topological polar surface area (TPSA) is 145 Å². The number of carboxylic acid groups (broad SMARTS) is 1. The Balaban J connectivity index is 3.44. The van der Waals surface area contributed by atoms with Gasteiger partial charge in [0.1, 0.15) is 5.75 Å². The maximum atomic E-state index is 14.0. The van der Waals surface area contributed by atoms with E-state index in [-0.39, 0.29) is 36.7 Å². The van der Waals surface area contributed by atoms with Gasteiger partial charge in [0.15, 0.2) is 0 Å². The summed E-state index contributed by atoms with van der Waals surface area (Å²) in [6.07, 6.45) is 3.25. The van der Waals surface area contributed by atoms with Crippen LogP contribution in [0.3, 0.4) is 0 Å². The van der Waals surface area contributed by atoms with Gasteiger partial charge in [0.25, 0.3) is 0 Å². The number of carbonyl (C=O) groups excluding carboxylic acids is 3.